The van der Waals surface area contributed by atoms with Gasteiger partial charge in [0.05, 0.1) is 46.1 Å². The highest BCUT2D eigenvalue weighted by Gasteiger charge is 2.26. The predicted octanol–water partition coefficient (Wildman–Crippen LogP) is 5.57. The van der Waals surface area contributed by atoms with Crippen molar-refractivity contribution in [2.24, 2.45) is 5.41 Å². The number of hydrogen-bond donors (Lipinski definition) is 0. The van der Waals surface area contributed by atoms with Gasteiger partial charge in [0, 0.05) is 30.1 Å². The van der Waals surface area contributed by atoms with Crippen molar-refractivity contribution in [1.29, 1.82) is 0 Å². The fourth-order valence-electron chi connectivity index (χ4n) is 4.32. The SMILES string of the molecule is CC1(C)CCN(c2cnc(Sc3ccc4ncn(Cc5cccc([N+](=O)[O-])c5)c(=O)c4c3Cl)cn2)CC1. The molecule has 0 saturated carbocycles. The second kappa shape index (κ2) is 10.1. The van der Waals surface area contributed by atoms with Crippen LogP contribution in [0.1, 0.15) is 32.3 Å². The van der Waals surface area contributed by atoms with Crippen LogP contribution in [0.4, 0.5) is 11.5 Å². The van der Waals surface area contributed by atoms with Crippen LogP contribution in [0.5, 0.6) is 0 Å². The Balaban J connectivity index is 1.38. The molecule has 4 aromatic rings. The van der Waals surface area contributed by atoms with Crippen LogP contribution in [0.2, 0.25) is 5.02 Å². The summed E-state index contributed by atoms with van der Waals surface area (Å²) in [5.74, 6) is 0.859. The average Bonchev–Trinajstić information content (AvgIpc) is 2.88. The van der Waals surface area contributed by atoms with Crippen LogP contribution in [0.15, 0.2) is 69.8 Å². The maximum Gasteiger partial charge on any atom is 0.269 e. The molecule has 0 unspecified atom stereocenters. The number of nitrogens with zero attached hydrogens (tertiary/aromatic N) is 6. The van der Waals surface area contributed by atoms with Gasteiger partial charge in [-0.2, -0.15) is 0 Å². The molecule has 1 saturated heterocycles. The molecule has 0 bridgehead atoms. The molecule has 37 heavy (non-hydrogen) atoms. The van der Waals surface area contributed by atoms with E-state index in [1.54, 1.807) is 30.6 Å². The molecule has 0 spiro atoms. The van der Waals surface area contributed by atoms with Crippen LogP contribution in [-0.2, 0) is 6.54 Å². The highest BCUT2D eigenvalue weighted by Crippen LogP contribution is 2.36. The molecule has 1 fully saturated rings. The Morgan fingerprint density at radius 2 is 1.89 bits per heavy atom. The zero-order chi connectivity index (χ0) is 26.2. The first-order valence-electron chi connectivity index (χ1n) is 11.9. The van der Waals surface area contributed by atoms with Crippen LogP contribution in [0.3, 0.4) is 0 Å². The zero-order valence-electron chi connectivity index (χ0n) is 20.4. The first kappa shape index (κ1) is 25.2. The van der Waals surface area contributed by atoms with Crippen molar-refractivity contribution in [1.82, 2.24) is 19.5 Å². The van der Waals surface area contributed by atoms with Crippen LogP contribution in [0.25, 0.3) is 10.9 Å². The molecule has 0 N–H and O–H groups in total. The van der Waals surface area contributed by atoms with E-state index in [1.165, 1.54) is 34.8 Å². The van der Waals surface area contributed by atoms with Crippen molar-refractivity contribution < 1.29 is 4.92 Å². The Morgan fingerprint density at radius 1 is 1.11 bits per heavy atom. The number of halogens is 1. The summed E-state index contributed by atoms with van der Waals surface area (Å²) in [7, 11) is 0. The van der Waals surface area contributed by atoms with Crippen LogP contribution < -0.4 is 10.5 Å². The Hall–Kier alpha value is -3.50. The minimum absolute atomic E-state index is 0.0349. The van der Waals surface area contributed by atoms with Gasteiger partial charge in [0.1, 0.15) is 10.8 Å². The molecule has 1 aliphatic rings. The van der Waals surface area contributed by atoms with Crippen molar-refractivity contribution in [3.63, 3.8) is 0 Å². The molecule has 1 aliphatic heterocycles. The van der Waals surface area contributed by atoms with Gasteiger partial charge in [-0.1, -0.05) is 49.3 Å². The molecule has 2 aromatic carbocycles. The van der Waals surface area contributed by atoms with E-state index in [-0.39, 0.29) is 22.8 Å². The van der Waals surface area contributed by atoms with Gasteiger partial charge in [-0.15, -0.1) is 0 Å². The molecule has 190 valence electrons. The molecule has 0 atom stereocenters. The van der Waals surface area contributed by atoms with Gasteiger partial charge in [-0.3, -0.25) is 19.5 Å². The van der Waals surface area contributed by atoms with E-state index in [2.05, 4.69) is 33.7 Å². The number of aromatic nitrogens is 4. The third-order valence-electron chi connectivity index (χ3n) is 6.64. The predicted molar refractivity (Wildman–Crippen MR) is 145 cm³/mol. The van der Waals surface area contributed by atoms with Gasteiger partial charge in [0.15, 0.2) is 0 Å². The van der Waals surface area contributed by atoms with Gasteiger partial charge in [0.2, 0.25) is 0 Å². The van der Waals surface area contributed by atoms with E-state index in [1.807, 2.05) is 6.07 Å². The number of benzene rings is 2. The Kier molecular flexibility index (Phi) is 6.87. The summed E-state index contributed by atoms with van der Waals surface area (Å²) in [6.07, 6.45) is 7.17. The first-order valence-corrected chi connectivity index (χ1v) is 13.1. The molecular weight excluding hydrogens is 512 g/mol. The van der Waals surface area contributed by atoms with Gasteiger partial charge in [-0.25, -0.2) is 15.0 Å². The summed E-state index contributed by atoms with van der Waals surface area (Å²) in [5.41, 5.74) is 1.10. The smallest absolute Gasteiger partial charge is 0.269 e. The van der Waals surface area contributed by atoms with E-state index in [4.69, 9.17) is 11.6 Å². The number of piperidine rings is 1. The van der Waals surface area contributed by atoms with Crippen LogP contribution in [0, 0.1) is 15.5 Å². The monoisotopic (exact) mass is 536 g/mol. The lowest BCUT2D eigenvalue weighted by Crippen LogP contribution is -2.37. The summed E-state index contributed by atoms with van der Waals surface area (Å²) in [6.45, 7) is 6.64. The minimum atomic E-state index is -0.464. The molecule has 0 aliphatic carbocycles. The number of nitro benzene ring substituents is 1. The molecule has 3 heterocycles. The number of fused-ring (bicyclic) bond motifs is 1. The number of hydrogen-bond acceptors (Lipinski definition) is 8. The standard InChI is InChI=1S/C26H25ClN6O3S/c1-26(2)8-10-31(11-9-26)21-13-29-22(14-28-21)37-20-7-6-19-23(24(20)27)25(34)32(16-30-19)15-17-4-3-5-18(12-17)33(35)36/h3-7,12-14,16H,8-11,15H2,1-2H3. The zero-order valence-corrected chi connectivity index (χ0v) is 22.0. The van der Waals surface area contributed by atoms with Gasteiger partial charge >= 0.3 is 0 Å². The molecule has 11 heteroatoms. The average molecular weight is 537 g/mol. The second-order valence-electron chi connectivity index (χ2n) is 9.84. The third-order valence-corrected chi connectivity index (χ3v) is 8.12. The maximum atomic E-state index is 13.3. The lowest BCUT2D eigenvalue weighted by molar-refractivity contribution is -0.384. The van der Waals surface area contributed by atoms with Crippen molar-refractivity contribution in [2.45, 2.75) is 43.2 Å². The van der Waals surface area contributed by atoms with E-state index in [0.717, 1.165) is 31.7 Å². The van der Waals surface area contributed by atoms with E-state index in [0.29, 0.717) is 31.8 Å². The quantitative estimate of drug-likeness (QED) is 0.232. The Bertz CT molecular complexity index is 1530. The summed E-state index contributed by atoms with van der Waals surface area (Å²) in [5, 5.41) is 12.3. The van der Waals surface area contributed by atoms with Crippen molar-refractivity contribution in [2.75, 3.05) is 18.0 Å². The highest BCUT2D eigenvalue weighted by molar-refractivity contribution is 7.99. The first-order chi connectivity index (χ1) is 17.7. The van der Waals surface area contributed by atoms with Crippen molar-refractivity contribution >= 4 is 45.8 Å². The van der Waals surface area contributed by atoms with Gasteiger partial charge < -0.3 is 4.90 Å². The summed E-state index contributed by atoms with van der Waals surface area (Å²) in [4.78, 5) is 40.4. The Labute approximate surface area is 222 Å². The normalized spacial score (nSPS) is 15.2. The van der Waals surface area contributed by atoms with Crippen molar-refractivity contribution in [3.05, 3.63) is 86.2 Å². The number of non-ortho nitro benzene ring substituents is 1. The maximum absolute atomic E-state index is 13.3. The van der Waals surface area contributed by atoms with Crippen LogP contribution in [-0.4, -0.2) is 37.5 Å². The lowest BCUT2D eigenvalue weighted by Gasteiger charge is -2.37. The summed E-state index contributed by atoms with van der Waals surface area (Å²) >= 11 is 8.03. The summed E-state index contributed by atoms with van der Waals surface area (Å²) < 4.78 is 1.40. The second-order valence-corrected chi connectivity index (χ2v) is 11.3. The van der Waals surface area contributed by atoms with Crippen LogP contribution >= 0.6 is 23.4 Å². The molecular formula is C26H25ClN6O3S. The molecule has 9 nitrogen and oxygen atoms in total. The minimum Gasteiger partial charge on any atom is -0.355 e. The largest absolute Gasteiger partial charge is 0.355 e. The fourth-order valence-corrected chi connectivity index (χ4v) is 5.44. The molecule has 5 rings (SSSR count). The number of anilines is 1. The highest BCUT2D eigenvalue weighted by atomic mass is 35.5. The third kappa shape index (κ3) is 5.45. The summed E-state index contributed by atoms with van der Waals surface area (Å²) in [6, 6.07) is 9.73. The van der Waals surface area contributed by atoms with E-state index in [9.17, 15) is 14.9 Å². The topological polar surface area (TPSA) is 107 Å². The van der Waals surface area contributed by atoms with Gasteiger partial charge in [0.25, 0.3) is 11.2 Å². The Morgan fingerprint density at radius 3 is 2.59 bits per heavy atom. The molecule has 0 radical (unpaired) electrons. The van der Waals surface area contributed by atoms with Crippen molar-refractivity contribution in [3.8, 4) is 0 Å². The van der Waals surface area contributed by atoms with E-state index >= 15 is 0 Å². The lowest BCUT2D eigenvalue weighted by atomic mass is 9.83. The molecule has 2 aromatic heterocycles. The molecule has 0 amide bonds. The van der Waals surface area contributed by atoms with E-state index < -0.39 is 4.92 Å². The number of rotatable bonds is 6. The fraction of sp³-hybridized carbons (Fsp3) is 0.308. The van der Waals surface area contributed by atoms with Gasteiger partial charge in [-0.05, 0) is 36.0 Å². The number of nitro groups is 1.